The molecule has 1 heterocycles. The van der Waals surface area contributed by atoms with E-state index in [1.165, 1.54) is 0 Å². The Morgan fingerprint density at radius 3 is 2.85 bits per heavy atom. The van der Waals surface area contributed by atoms with Crippen molar-refractivity contribution < 1.29 is 14.7 Å². The Bertz CT molecular complexity index is 297. The molecule has 0 spiro atoms. The Kier molecular flexibility index (Phi) is 3.14. The number of carboxylic acids is 1. The molecule has 0 bridgehead atoms. The van der Waals surface area contributed by atoms with Crippen LogP contribution >= 0.6 is 0 Å². The van der Waals surface area contributed by atoms with Gasteiger partial charge in [0.1, 0.15) is 12.2 Å². The summed E-state index contributed by atoms with van der Waals surface area (Å²) in [5.41, 5.74) is 0.613. The van der Waals surface area contributed by atoms with E-state index in [-0.39, 0.29) is 6.42 Å². The van der Waals surface area contributed by atoms with Crippen LogP contribution in [0.25, 0.3) is 0 Å². The highest BCUT2D eigenvalue weighted by Gasteiger charge is 2.16. The van der Waals surface area contributed by atoms with Gasteiger partial charge < -0.3 is 9.90 Å². The molecule has 1 atom stereocenters. The maximum Gasteiger partial charge on any atom is 0.314 e. The van der Waals surface area contributed by atoms with E-state index in [9.17, 15) is 9.59 Å². The fourth-order valence-electron chi connectivity index (χ4n) is 0.938. The lowest BCUT2D eigenvalue weighted by molar-refractivity contribution is -0.143. The van der Waals surface area contributed by atoms with E-state index in [1.807, 2.05) is 0 Å². The Morgan fingerprint density at radius 2 is 2.38 bits per heavy atom. The Balaban J connectivity index is 2.67. The first-order valence-electron chi connectivity index (χ1n) is 3.82. The van der Waals surface area contributed by atoms with Gasteiger partial charge in [0, 0.05) is 18.3 Å². The quantitative estimate of drug-likeness (QED) is 0.540. The van der Waals surface area contributed by atoms with E-state index in [1.54, 1.807) is 24.4 Å². The topological polar surface area (TPSA) is 67.3 Å². The Hall–Kier alpha value is -1.71. The number of aldehydes is 1. The van der Waals surface area contributed by atoms with Crippen molar-refractivity contribution in [1.82, 2.24) is 4.98 Å². The standard InChI is InChI=1S/C9H9NO3/c11-6-7(9(12)13)5-8-3-1-2-4-10-8/h1-4,6-7H,5H2,(H,12,13). The molecular weight excluding hydrogens is 170 g/mol. The molecule has 0 saturated carbocycles. The monoisotopic (exact) mass is 179 g/mol. The normalized spacial score (nSPS) is 12.0. The Morgan fingerprint density at radius 1 is 1.62 bits per heavy atom. The van der Waals surface area contributed by atoms with Crippen LogP contribution in [0.3, 0.4) is 0 Å². The molecular formula is C9H9NO3. The molecule has 0 aromatic carbocycles. The molecule has 1 N–H and O–H groups in total. The first-order chi connectivity index (χ1) is 6.24. The largest absolute Gasteiger partial charge is 0.481 e. The van der Waals surface area contributed by atoms with Gasteiger partial charge in [-0.1, -0.05) is 6.07 Å². The molecule has 0 aliphatic carbocycles. The third-order valence-corrected chi connectivity index (χ3v) is 1.64. The van der Waals surface area contributed by atoms with E-state index in [2.05, 4.69) is 4.98 Å². The second-order valence-corrected chi connectivity index (χ2v) is 2.61. The third kappa shape index (κ3) is 2.66. The van der Waals surface area contributed by atoms with E-state index >= 15 is 0 Å². The summed E-state index contributed by atoms with van der Waals surface area (Å²) in [5.74, 6) is -2.10. The van der Waals surface area contributed by atoms with Crippen LogP contribution in [-0.2, 0) is 16.0 Å². The van der Waals surface area contributed by atoms with Gasteiger partial charge in [0.05, 0.1) is 0 Å². The zero-order valence-electron chi connectivity index (χ0n) is 6.88. The van der Waals surface area contributed by atoms with E-state index in [4.69, 9.17) is 5.11 Å². The van der Waals surface area contributed by atoms with Gasteiger partial charge in [-0.05, 0) is 12.1 Å². The molecule has 0 aliphatic heterocycles. The summed E-state index contributed by atoms with van der Waals surface area (Å²) in [4.78, 5) is 24.7. The number of pyridine rings is 1. The first-order valence-corrected chi connectivity index (χ1v) is 3.82. The number of aromatic nitrogens is 1. The number of nitrogens with zero attached hydrogens (tertiary/aromatic N) is 1. The number of carboxylic acid groups (broad SMARTS) is 1. The SMILES string of the molecule is O=CC(Cc1ccccn1)C(=O)O. The summed E-state index contributed by atoms with van der Waals surface area (Å²) in [5, 5.41) is 8.58. The van der Waals surface area contributed by atoms with E-state index in [0.29, 0.717) is 12.0 Å². The molecule has 0 saturated heterocycles. The number of aliphatic carboxylic acids is 1. The van der Waals surface area contributed by atoms with Crippen LogP contribution < -0.4 is 0 Å². The number of rotatable bonds is 4. The summed E-state index contributed by atoms with van der Waals surface area (Å²) in [7, 11) is 0. The molecule has 1 rings (SSSR count). The van der Waals surface area contributed by atoms with Gasteiger partial charge in [-0.25, -0.2) is 0 Å². The predicted octanol–water partition coefficient (Wildman–Crippen LogP) is 0.524. The summed E-state index contributed by atoms with van der Waals surface area (Å²) in [6.07, 6.45) is 2.15. The van der Waals surface area contributed by atoms with Crippen molar-refractivity contribution in [3.63, 3.8) is 0 Å². The molecule has 4 heteroatoms. The van der Waals surface area contributed by atoms with Crippen molar-refractivity contribution in [3.8, 4) is 0 Å². The fourth-order valence-corrected chi connectivity index (χ4v) is 0.938. The van der Waals surface area contributed by atoms with Gasteiger partial charge >= 0.3 is 5.97 Å². The summed E-state index contributed by atoms with van der Waals surface area (Å²) in [6, 6.07) is 5.19. The zero-order valence-corrected chi connectivity index (χ0v) is 6.88. The molecule has 0 fully saturated rings. The Labute approximate surface area is 75.2 Å². The molecule has 0 aliphatic rings. The molecule has 0 amide bonds. The van der Waals surface area contributed by atoms with Gasteiger partial charge in [0.25, 0.3) is 0 Å². The average molecular weight is 179 g/mol. The van der Waals surface area contributed by atoms with Gasteiger partial charge in [-0.2, -0.15) is 0 Å². The number of hydrogen-bond donors (Lipinski definition) is 1. The van der Waals surface area contributed by atoms with Crippen LogP contribution in [0.2, 0.25) is 0 Å². The maximum absolute atomic E-state index is 10.5. The number of carbonyl (C=O) groups is 2. The van der Waals surface area contributed by atoms with Gasteiger partial charge in [-0.3, -0.25) is 9.78 Å². The summed E-state index contributed by atoms with van der Waals surface area (Å²) < 4.78 is 0. The van der Waals surface area contributed by atoms with Crippen molar-refractivity contribution in [2.24, 2.45) is 5.92 Å². The lowest BCUT2D eigenvalue weighted by atomic mass is 10.1. The molecule has 4 nitrogen and oxygen atoms in total. The van der Waals surface area contributed by atoms with Crippen LogP contribution in [0.15, 0.2) is 24.4 Å². The maximum atomic E-state index is 10.5. The zero-order chi connectivity index (χ0) is 9.68. The van der Waals surface area contributed by atoms with Gasteiger partial charge in [0.2, 0.25) is 0 Å². The number of carbonyl (C=O) groups excluding carboxylic acids is 1. The molecule has 1 aromatic heterocycles. The van der Waals surface area contributed by atoms with Crippen molar-refractivity contribution in [3.05, 3.63) is 30.1 Å². The minimum Gasteiger partial charge on any atom is -0.481 e. The van der Waals surface area contributed by atoms with Crippen LogP contribution in [0.1, 0.15) is 5.69 Å². The van der Waals surface area contributed by atoms with E-state index in [0.717, 1.165) is 0 Å². The van der Waals surface area contributed by atoms with Gasteiger partial charge in [-0.15, -0.1) is 0 Å². The highest BCUT2D eigenvalue weighted by molar-refractivity contribution is 5.86. The summed E-state index contributed by atoms with van der Waals surface area (Å²) in [6.45, 7) is 0. The van der Waals surface area contributed by atoms with Crippen molar-refractivity contribution in [2.75, 3.05) is 0 Å². The first kappa shape index (κ1) is 9.38. The minimum absolute atomic E-state index is 0.152. The lowest BCUT2D eigenvalue weighted by Gasteiger charge is -2.02. The highest BCUT2D eigenvalue weighted by atomic mass is 16.4. The molecule has 13 heavy (non-hydrogen) atoms. The lowest BCUT2D eigenvalue weighted by Crippen LogP contribution is -2.18. The minimum atomic E-state index is -1.11. The van der Waals surface area contributed by atoms with Crippen LogP contribution in [0.5, 0.6) is 0 Å². The van der Waals surface area contributed by atoms with Crippen LogP contribution in [0, 0.1) is 5.92 Å². The van der Waals surface area contributed by atoms with Gasteiger partial charge in [0.15, 0.2) is 0 Å². The summed E-state index contributed by atoms with van der Waals surface area (Å²) >= 11 is 0. The third-order valence-electron chi connectivity index (χ3n) is 1.64. The van der Waals surface area contributed by atoms with E-state index < -0.39 is 11.9 Å². The number of hydrogen-bond acceptors (Lipinski definition) is 3. The van der Waals surface area contributed by atoms with Crippen molar-refractivity contribution in [1.29, 1.82) is 0 Å². The second-order valence-electron chi connectivity index (χ2n) is 2.61. The molecule has 0 radical (unpaired) electrons. The van der Waals surface area contributed by atoms with Crippen molar-refractivity contribution >= 4 is 12.3 Å². The smallest absolute Gasteiger partial charge is 0.314 e. The van der Waals surface area contributed by atoms with Crippen LogP contribution in [0.4, 0.5) is 0 Å². The second kappa shape index (κ2) is 4.35. The molecule has 68 valence electrons. The highest BCUT2D eigenvalue weighted by Crippen LogP contribution is 2.03. The fraction of sp³-hybridized carbons (Fsp3) is 0.222. The molecule has 1 aromatic rings. The predicted molar refractivity (Wildman–Crippen MR) is 45.1 cm³/mol. The van der Waals surface area contributed by atoms with Crippen molar-refractivity contribution in [2.45, 2.75) is 6.42 Å². The van der Waals surface area contributed by atoms with Crippen LogP contribution in [-0.4, -0.2) is 22.3 Å². The average Bonchev–Trinajstić information content (AvgIpc) is 2.15. The molecule has 1 unspecified atom stereocenters.